The zero-order chi connectivity index (χ0) is 20.3. The first-order valence-electron chi connectivity index (χ1n) is 10.5. The molecule has 1 aliphatic heterocycles. The van der Waals surface area contributed by atoms with Crippen LogP contribution in [0.3, 0.4) is 0 Å². The Balaban J connectivity index is 1.31. The van der Waals surface area contributed by atoms with Crippen LogP contribution in [0, 0.1) is 12.8 Å². The van der Waals surface area contributed by atoms with E-state index in [9.17, 15) is 9.59 Å². The molecule has 0 aromatic heterocycles. The Morgan fingerprint density at radius 1 is 1.10 bits per heavy atom. The second-order valence-corrected chi connectivity index (χ2v) is 8.45. The SMILES string of the molecule is Cc1cccc(NC(=O)N2CCCC(C(=O)NCC3(c4ccccc4)CC3)C2)c1. The quantitative estimate of drug-likeness (QED) is 0.807. The van der Waals surface area contributed by atoms with E-state index >= 15 is 0 Å². The number of carbonyl (C=O) groups is 2. The van der Waals surface area contributed by atoms with Gasteiger partial charge in [-0.05, 0) is 55.9 Å². The molecule has 3 amide bonds. The lowest BCUT2D eigenvalue weighted by Gasteiger charge is -2.32. The highest BCUT2D eigenvalue weighted by Crippen LogP contribution is 2.47. The first-order valence-corrected chi connectivity index (χ1v) is 10.5. The first-order chi connectivity index (χ1) is 14.1. The van der Waals surface area contributed by atoms with Crippen LogP contribution in [0.4, 0.5) is 10.5 Å². The summed E-state index contributed by atoms with van der Waals surface area (Å²) in [6.07, 6.45) is 3.92. The summed E-state index contributed by atoms with van der Waals surface area (Å²) in [5.74, 6) is -0.0705. The van der Waals surface area contributed by atoms with E-state index in [2.05, 4.69) is 34.9 Å². The highest BCUT2D eigenvalue weighted by molar-refractivity contribution is 5.90. The normalized spacial score (nSPS) is 20.0. The molecule has 2 aliphatic rings. The standard InChI is InChI=1S/C24H29N3O2/c1-18-7-5-11-21(15-18)26-23(29)27-14-6-8-19(16-27)22(28)25-17-24(12-13-24)20-9-3-2-4-10-20/h2-5,7,9-11,15,19H,6,8,12-14,16-17H2,1H3,(H,25,28)(H,26,29). The van der Waals surface area contributed by atoms with Crippen LogP contribution < -0.4 is 10.6 Å². The molecule has 1 saturated carbocycles. The third kappa shape index (κ3) is 4.61. The fourth-order valence-corrected chi connectivity index (χ4v) is 4.21. The number of nitrogens with one attached hydrogen (secondary N) is 2. The molecule has 1 atom stereocenters. The fraction of sp³-hybridized carbons (Fsp3) is 0.417. The third-order valence-corrected chi connectivity index (χ3v) is 6.19. The number of hydrogen-bond donors (Lipinski definition) is 2. The minimum atomic E-state index is -0.140. The molecule has 2 aromatic rings. The van der Waals surface area contributed by atoms with E-state index in [1.54, 1.807) is 4.90 Å². The van der Waals surface area contributed by atoms with Gasteiger partial charge in [-0.2, -0.15) is 0 Å². The van der Waals surface area contributed by atoms with E-state index in [1.165, 1.54) is 5.56 Å². The zero-order valence-electron chi connectivity index (χ0n) is 17.0. The van der Waals surface area contributed by atoms with Crippen LogP contribution in [0.2, 0.25) is 0 Å². The summed E-state index contributed by atoms with van der Waals surface area (Å²) >= 11 is 0. The average Bonchev–Trinajstić information content (AvgIpc) is 3.54. The molecule has 1 heterocycles. The van der Waals surface area contributed by atoms with Crippen LogP contribution in [0.1, 0.15) is 36.8 Å². The molecule has 2 aromatic carbocycles. The topological polar surface area (TPSA) is 61.4 Å². The second kappa shape index (κ2) is 8.27. The molecule has 0 radical (unpaired) electrons. The molecule has 5 nitrogen and oxygen atoms in total. The minimum Gasteiger partial charge on any atom is -0.355 e. The van der Waals surface area contributed by atoms with Crippen molar-refractivity contribution in [1.29, 1.82) is 0 Å². The van der Waals surface area contributed by atoms with Crippen molar-refractivity contribution in [1.82, 2.24) is 10.2 Å². The number of anilines is 1. The van der Waals surface area contributed by atoms with Crippen LogP contribution in [-0.4, -0.2) is 36.5 Å². The summed E-state index contributed by atoms with van der Waals surface area (Å²) in [6, 6.07) is 18.1. The highest BCUT2D eigenvalue weighted by atomic mass is 16.2. The molecule has 1 unspecified atom stereocenters. The zero-order valence-corrected chi connectivity index (χ0v) is 17.0. The van der Waals surface area contributed by atoms with E-state index in [4.69, 9.17) is 0 Å². The number of likely N-dealkylation sites (tertiary alicyclic amines) is 1. The molecule has 2 N–H and O–H groups in total. The third-order valence-electron chi connectivity index (χ3n) is 6.19. The minimum absolute atomic E-state index is 0.0697. The second-order valence-electron chi connectivity index (χ2n) is 8.45. The van der Waals surface area contributed by atoms with Crippen LogP contribution in [0.5, 0.6) is 0 Å². The molecule has 0 spiro atoms. The average molecular weight is 392 g/mol. The summed E-state index contributed by atoms with van der Waals surface area (Å²) in [4.78, 5) is 27.2. The number of carbonyl (C=O) groups excluding carboxylic acids is 2. The molecule has 2 fully saturated rings. The number of aryl methyl sites for hydroxylation is 1. The molecule has 29 heavy (non-hydrogen) atoms. The Morgan fingerprint density at radius 3 is 2.62 bits per heavy atom. The van der Waals surface area contributed by atoms with Gasteiger partial charge in [0, 0.05) is 30.7 Å². The Labute approximate surface area is 172 Å². The molecule has 152 valence electrons. The van der Waals surface area contributed by atoms with Crippen molar-refractivity contribution in [2.75, 3.05) is 25.0 Å². The van der Waals surface area contributed by atoms with Crippen molar-refractivity contribution in [2.45, 2.75) is 38.0 Å². The summed E-state index contributed by atoms with van der Waals surface area (Å²) in [7, 11) is 0. The maximum atomic E-state index is 12.8. The number of rotatable bonds is 5. The Bertz CT molecular complexity index is 877. The van der Waals surface area contributed by atoms with E-state index in [0.717, 1.165) is 36.9 Å². The number of amides is 3. The Morgan fingerprint density at radius 2 is 1.90 bits per heavy atom. The van der Waals surface area contributed by atoms with Gasteiger partial charge >= 0.3 is 6.03 Å². The van der Waals surface area contributed by atoms with Crippen molar-refractivity contribution < 1.29 is 9.59 Å². The van der Waals surface area contributed by atoms with Crippen molar-refractivity contribution in [3.05, 3.63) is 65.7 Å². The van der Waals surface area contributed by atoms with Gasteiger partial charge in [-0.1, -0.05) is 42.5 Å². The van der Waals surface area contributed by atoms with E-state index in [0.29, 0.717) is 19.6 Å². The van der Waals surface area contributed by atoms with E-state index in [-0.39, 0.29) is 23.3 Å². The molecule has 0 bridgehead atoms. The van der Waals surface area contributed by atoms with Crippen molar-refractivity contribution in [2.24, 2.45) is 5.92 Å². The van der Waals surface area contributed by atoms with Crippen LogP contribution in [0.25, 0.3) is 0 Å². The number of piperidine rings is 1. The van der Waals surface area contributed by atoms with Gasteiger partial charge in [-0.3, -0.25) is 4.79 Å². The fourth-order valence-electron chi connectivity index (χ4n) is 4.21. The van der Waals surface area contributed by atoms with Gasteiger partial charge < -0.3 is 15.5 Å². The first kappa shape index (κ1) is 19.5. The van der Waals surface area contributed by atoms with Crippen molar-refractivity contribution >= 4 is 17.6 Å². The lowest BCUT2D eigenvalue weighted by molar-refractivity contribution is -0.126. The largest absolute Gasteiger partial charge is 0.355 e. The summed E-state index contributed by atoms with van der Waals surface area (Å²) in [6.45, 7) is 3.85. The molecule has 1 aliphatic carbocycles. The van der Waals surface area contributed by atoms with Gasteiger partial charge in [0.15, 0.2) is 0 Å². The summed E-state index contributed by atoms with van der Waals surface area (Å²) < 4.78 is 0. The van der Waals surface area contributed by atoms with Crippen molar-refractivity contribution in [3.63, 3.8) is 0 Å². The van der Waals surface area contributed by atoms with E-state index < -0.39 is 0 Å². The molecular weight excluding hydrogens is 362 g/mol. The molecular formula is C24H29N3O2. The van der Waals surface area contributed by atoms with E-state index in [1.807, 2.05) is 37.3 Å². The number of nitrogens with zero attached hydrogens (tertiary/aromatic N) is 1. The van der Waals surface area contributed by atoms with Gasteiger partial charge in [-0.25, -0.2) is 4.79 Å². The van der Waals surface area contributed by atoms with Gasteiger partial charge in [0.1, 0.15) is 0 Å². The maximum Gasteiger partial charge on any atom is 0.321 e. The number of hydrogen-bond acceptors (Lipinski definition) is 2. The number of benzene rings is 2. The lowest BCUT2D eigenvalue weighted by atomic mass is 9.94. The van der Waals surface area contributed by atoms with Crippen LogP contribution >= 0.6 is 0 Å². The van der Waals surface area contributed by atoms with Gasteiger partial charge in [0.2, 0.25) is 5.91 Å². The summed E-state index contributed by atoms with van der Waals surface area (Å²) in [5, 5.41) is 6.13. The van der Waals surface area contributed by atoms with Crippen molar-refractivity contribution in [3.8, 4) is 0 Å². The Hall–Kier alpha value is -2.82. The summed E-state index contributed by atoms with van der Waals surface area (Å²) in [5.41, 5.74) is 3.31. The molecule has 5 heteroatoms. The van der Waals surface area contributed by atoms with Gasteiger partial charge in [0.25, 0.3) is 0 Å². The molecule has 1 saturated heterocycles. The predicted molar refractivity (Wildman–Crippen MR) is 115 cm³/mol. The molecule has 4 rings (SSSR count). The maximum absolute atomic E-state index is 12.8. The van der Waals surface area contributed by atoms with Crippen LogP contribution in [-0.2, 0) is 10.2 Å². The number of urea groups is 1. The highest BCUT2D eigenvalue weighted by Gasteiger charge is 2.44. The van der Waals surface area contributed by atoms with Crippen LogP contribution in [0.15, 0.2) is 54.6 Å². The predicted octanol–water partition coefficient (Wildman–Crippen LogP) is 4.09. The Kier molecular flexibility index (Phi) is 5.56. The van der Waals surface area contributed by atoms with Gasteiger partial charge in [0.05, 0.1) is 5.92 Å². The smallest absolute Gasteiger partial charge is 0.321 e. The van der Waals surface area contributed by atoms with Gasteiger partial charge in [-0.15, -0.1) is 0 Å². The monoisotopic (exact) mass is 391 g/mol. The lowest BCUT2D eigenvalue weighted by Crippen LogP contribution is -2.47.